The smallest absolute Gasteiger partial charge is 0.344 e. The van der Waals surface area contributed by atoms with Crippen molar-refractivity contribution in [3.63, 3.8) is 0 Å². The lowest BCUT2D eigenvalue weighted by atomic mass is 10.2. The van der Waals surface area contributed by atoms with E-state index < -0.39 is 24.5 Å². The van der Waals surface area contributed by atoms with Crippen molar-refractivity contribution < 1.29 is 23.9 Å². The van der Waals surface area contributed by atoms with Gasteiger partial charge in [0, 0.05) is 18.1 Å². The van der Waals surface area contributed by atoms with Crippen LogP contribution in [0.25, 0.3) is 5.65 Å². The first-order valence-electron chi connectivity index (χ1n) is 8.20. The molecule has 10 nitrogen and oxygen atoms in total. The number of imide groups is 1. The van der Waals surface area contributed by atoms with Gasteiger partial charge in [0.1, 0.15) is 11.3 Å². The number of hydrogen-bond donors (Lipinski definition) is 2. The van der Waals surface area contributed by atoms with Crippen LogP contribution in [0.3, 0.4) is 0 Å². The third kappa shape index (κ3) is 4.23. The second-order valence-corrected chi connectivity index (χ2v) is 5.66. The topological polar surface area (TPSA) is 124 Å². The lowest BCUT2D eigenvalue weighted by molar-refractivity contribution is -0.123. The first-order chi connectivity index (χ1) is 13.5. The Labute approximate surface area is 159 Å². The van der Waals surface area contributed by atoms with E-state index in [9.17, 15) is 14.4 Å². The highest BCUT2D eigenvalue weighted by Gasteiger charge is 2.20. The van der Waals surface area contributed by atoms with E-state index >= 15 is 0 Å². The van der Waals surface area contributed by atoms with E-state index in [-0.39, 0.29) is 5.56 Å². The molecule has 0 radical (unpaired) electrons. The number of anilines is 1. The second kappa shape index (κ2) is 8.16. The van der Waals surface area contributed by atoms with Crippen molar-refractivity contribution >= 4 is 29.2 Å². The first kappa shape index (κ1) is 18.8. The molecular formula is C18H17N5O5. The molecule has 1 aromatic carbocycles. The Morgan fingerprint density at radius 1 is 1.18 bits per heavy atom. The molecule has 10 heteroatoms. The number of carbonyl (C=O) groups is 3. The van der Waals surface area contributed by atoms with E-state index in [1.54, 1.807) is 43.5 Å². The monoisotopic (exact) mass is 383 g/mol. The van der Waals surface area contributed by atoms with Gasteiger partial charge >= 0.3 is 12.0 Å². The number of benzene rings is 1. The average Bonchev–Trinajstić information content (AvgIpc) is 3.02. The lowest BCUT2D eigenvalue weighted by Crippen LogP contribution is -2.37. The van der Waals surface area contributed by atoms with E-state index in [1.165, 1.54) is 17.8 Å². The third-order valence-corrected chi connectivity index (χ3v) is 3.71. The summed E-state index contributed by atoms with van der Waals surface area (Å²) in [7, 11) is 1.53. The molecule has 0 fully saturated rings. The zero-order valence-electron chi connectivity index (χ0n) is 15.1. The summed E-state index contributed by atoms with van der Waals surface area (Å²) >= 11 is 0. The van der Waals surface area contributed by atoms with Crippen LogP contribution in [-0.2, 0) is 9.53 Å². The summed E-state index contributed by atoms with van der Waals surface area (Å²) in [5.74, 6) is -0.898. The number of urea groups is 1. The predicted octanol–water partition coefficient (Wildman–Crippen LogP) is 1.55. The van der Waals surface area contributed by atoms with Crippen LogP contribution >= 0.6 is 0 Å². The molecule has 2 heterocycles. The van der Waals surface area contributed by atoms with Gasteiger partial charge in [-0.05, 0) is 37.3 Å². The number of ether oxygens (including phenoxy) is 2. The zero-order chi connectivity index (χ0) is 20.1. The summed E-state index contributed by atoms with van der Waals surface area (Å²) in [5, 5.41) is 8.71. The van der Waals surface area contributed by atoms with E-state index in [0.717, 1.165) is 0 Å². The minimum atomic E-state index is -0.776. The highest BCUT2D eigenvalue weighted by atomic mass is 16.5. The minimum absolute atomic E-state index is 0.163. The molecule has 0 spiro atoms. The van der Waals surface area contributed by atoms with E-state index in [0.29, 0.717) is 22.8 Å². The average molecular weight is 383 g/mol. The maximum atomic E-state index is 12.3. The number of nitrogens with one attached hydrogen (secondary N) is 2. The minimum Gasteiger partial charge on any atom is -0.497 e. The molecule has 28 heavy (non-hydrogen) atoms. The van der Waals surface area contributed by atoms with Gasteiger partial charge < -0.3 is 14.8 Å². The largest absolute Gasteiger partial charge is 0.497 e. The molecule has 0 saturated heterocycles. The van der Waals surface area contributed by atoms with Crippen LogP contribution in [0.5, 0.6) is 5.75 Å². The van der Waals surface area contributed by atoms with Gasteiger partial charge in [0.25, 0.3) is 5.91 Å². The molecule has 0 saturated carbocycles. The van der Waals surface area contributed by atoms with Gasteiger partial charge in [-0.1, -0.05) is 0 Å². The Bertz CT molecular complexity index is 1030. The van der Waals surface area contributed by atoms with Crippen LogP contribution in [0.4, 0.5) is 10.5 Å². The normalized spacial score (nSPS) is 10.4. The van der Waals surface area contributed by atoms with Crippen molar-refractivity contribution in [1.29, 1.82) is 0 Å². The molecule has 2 aromatic heterocycles. The van der Waals surface area contributed by atoms with Crippen LogP contribution in [0, 0.1) is 6.92 Å². The number of methoxy groups -OCH3 is 1. The molecular weight excluding hydrogens is 366 g/mol. The van der Waals surface area contributed by atoms with Crippen LogP contribution < -0.4 is 15.4 Å². The number of rotatable bonds is 5. The molecule has 144 valence electrons. The van der Waals surface area contributed by atoms with E-state index in [4.69, 9.17) is 9.47 Å². The number of fused-ring (bicyclic) bond motifs is 1. The SMILES string of the molecule is COc1ccc(NC(=O)NC(=O)COC(=O)c2c(C)nn3cccnc23)cc1. The van der Waals surface area contributed by atoms with E-state index in [2.05, 4.69) is 20.7 Å². The highest BCUT2D eigenvalue weighted by Crippen LogP contribution is 2.15. The van der Waals surface area contributed by atoms with Crippen molar-refractivity contribution in [3.8, 4) is 5.75 Å². The molecule has 0 atom stereocenters. The summed E-state index contributed by atoms with van der Waals surface area (Å²) in [4.78, 5) is 40.1. The van der Waals surface area contributed by atoms with Crippen LogP contribution in [0.15, 0.2) is 42.7 Å². The fraction of sp³-hybridized carbons (Fsp3) is 0.167. The van der Waals surface area contributed by atoms with E-state index in [1.807, 2.05) is 0 Å². The maximum Gasteiger partial charge on any atom is 0.344 e. The predicted molar refractivity (Wildman–Crippen MR) is 98.2 cm³/mol. The number of nitrogens with zero attached hydrogens (tertiary/aromatic N) is 3. The summed E-state index contributed by atoms with van der Waals surface area (Å²) in [6, 6.07) is 7.47. The summed E-state index contributed by atoms with van der Waals surface area (Å²) < 4.78 is 11.4. The fourth-order valence-electron chi connectivity index (χ4n) is 2.44. The quantitative estimate of drug-likeness (QED) is 0.641. The second-order valence-electron chi connectivity index (χ2n) is 5.66. The Kier molecular flexibility index (Phi) is 5.49. The maximum absolute atomic E-state index is 12.3. The van der Waals surface area contributed by atoms with Gasteiger partial charge in [-0.15, -0.1) is 0 Å². The first-order valence-corrected chi connectivity index (χ1v) is 8.20. The van der Waals surface area contributed by atoms with Gasteiger partial charge in [-0.2, -0.15) is 5.10 Å². The van der Waals surface area contributed by atoms with Gasteiger partial charge in [0.2, 0.25) is 0 Å². The van der Waals surface area contributed by atoms with Crippen LogP contribution in [0.1, 0.15) is 16.1 Å². The summed E-state index contributed by atoms with van der Waals surface area (Å²) in [5.41, 5.74) is 1.37. The Balaban J connectivity index is 1.53. The molecule has 2 N–H and O–H groups in total. The molecule has 0 bridgehead atoms. The summed E-state index contributed by atoms with van der Waals surface area (Å²) in [6.07, 6.45) is 3.16. The van der Waals surface area contributed by atoms with Crippen molar-refractivity contribution in [2.75, 3.05) is 19.0 Å². The van der Waals surface area contributed by atoms with Gasteiger partial charge in [0.15, 0.2) is 12.3 Å². The van der Waals surface area contributed by atoms with Crippen LogP contribution in [-0.4, -0.2) is 46.2 Å². The molecule has 0 aliphatic rings. The van der Waals surface area contributed by atoms with Gasteiger partial charge in [-0.3, -0.25) is 10.1 Å². The molecule has 0 unspecified atom stereocenters. The Morgan fingerprint density at radius 3 is 2.64 bits per heavy atom. The van der Waals surface area contributed by atoms with Crippen molar-refractivity contribution in [2.24, 2.45) is 0 Å². The molecule has 3 aromatic rings. The molecule has 3 rings (SSSR count). The fourth-order valence-corrected chi connectivity index (χ4v) is 2.44. The Morgan fingerprint density at radius 2 is 1.93 bits per heavy atom. The van der Waals surface area contributed by atoms with Crippen molar-refractivity contribution in [2.45, 2.75) is 6.92 Å². The molecule has 3 amide bonds. The van der Waals surface area contributed by atoms with Crippen LogP contribution in [0.2, 0.25) is 0 Å². The van der Waals surface area contributed by atoms with Gasteiger partial charge in [0.05, 0.1) is 12.8 Å². The third-order valence-electron chi connectivity index (χ3n) is 3.71. The number of aromatic nitrogens is 3. The number of carbonyl (C=O) groups excluding carboxylic acids is 3. The Hall–Kier alpha value is -3.95. The number of amides is 3. The zero-order valence-corrected chi connectivity index (χ0v) is 15.1. The van der Waals surface area contributed by atoms with Crippen molar-refractivity contribution in [1.82, 2.24) is 19.9 Å². The number of aryl methyl sites for hydroxylation is 1. The number of hydrogen-bond acceptors (Lipinski definition) is 7. The summed E-state index contributed by atoms with van der Waals surface area (Å²) in [6.45, 7) is 1.01. The molecule has 0 aliphatic carbocycles. The molecule has 0 aliphatic heterocycles. The number of esters is 1. The van der Waals surface area contributed by atoms with Gasteiger partial charge in [-0.25, -0.2) is 19.1 Å². The lowest BCUT2D eigenvalue weighted by Gasteiger charge is -2.08. The standard InChI is InChI=1S/C18H17N5O5/c1-11-15(16-19-8-3-9-23(16)22-11)17(25)28-10-14(24)21-18(26)20-12-4-6-13(27-2)7-5-12/h3-9H,10H2,1-2H3,(H2,20,21,24,26). The van der Waals surface area contributed by atoms with Crippen molar-refractivity contribution in [3.05, 3.63) is 54.0 Å². The highest BCUT2D eigenvalue weighted by molar-refractivity contribution is 6.03.